The SMILES string of the molecule is c1ccc(-c2ccc3cccc-3cc2)cc1. The Bertz CT molecular complexity index is 536. The van der Waals surface area contributed by atoms with Crippen molar-refractivity contribution in [3.63, 3.8) is 0 Å². The predicted molar refractivity (Wildman–Crippen MR) is 68.5 cm³/mol. The van der Waals surface area contributed by atoms with E-state index in [9.17, 15) is 0 Å². The quantitative estimate of drug-likeness (QED) is 0.549. The fourth-order valence-electron chi connectivity index (χ4n) is 1.99. The van der Waals surface area contributed by atoms with Gasteiger partial charge in [0.15, 0.2) is 0 Å². The average Bonchev–Trinajstić information content (AvgIpc) is 2.70. The molecule has 3 rings (SSSR count). The Balaban J connectivity index is 2.16. The first-order chi connectivity index (χ1) is 7.93. The van der Waals surface area contributed by atoms with Crippen LogP contribution in [-0.4, -0.2) is 0 Å². The molecule has 0 nitrogen and oxygen atoms in total. The van der Waals surface area contributed by atoms with Crippen molar-refractivity contribution in [1.29, 1.82) is 0 Å². The van der Waals surface area contributed by atoms with E-state index in [0.717, 1.165) is 0 Å². The zero-order valence-electron chi connectivity index (χ0n) is 8.93. The Labute approximate surface area is 95.5 Å². The van der Waals surface area contributed by atoms with Crippen molar-refractivity contribution in [1.82, 2.24) is 0 Å². The van der Waals surface area contributed by atoms with E-state index < -0.39 is 0 Å². The first kappa shape index (κ1) is 9.17. The molecule has 0 spiro atoms. The molecule has 0 radical (unpaired) electrons. The lowest BCUT2D eigenvalue weighted by atomic mass is 10.1. The summed E-state index contributed by atoms with van der Waals surface area (Å²) in [5, 5.41) is 0. The highest BCUT2D eigenvalue weighted by Gasteiger charge is 2.00. The monoisotopic (exact) mass is 204 g/mol. The summed E-state index contributed by atoms with van der Waals surface area (Å²) >= 11 is 0. The predicted octanol–water partition coefficient (Wildman–Crippen LogP) is 4.46. The highest BCUT2D eigenvalue weighted by molar-refractivity contribution is 5.71. The van der Waals surface area contributed by atoms with Crippen molar-refractivity contribution in [2.24, 2.45) is 0 Å². The van der Waals surface area contributed by atoms with E-state index in [0.29, 0.717) is 0 Å². The molecule has 0 aliphatic heterocycles. The maximum atomic E-state index is 2.18. The highest BCUT2D eigenvalue weighted by Crippen LogP contribution is 2.25. The summed E-state index contributed by atoms with van der Waals surface area (Å²) in [5.74, 6) is 0. The van der Waals surface area contributed by atoms with Gasteiger partial charge < -0.3 is 0 Å². The van der Waals surface area contributed by atoms with Crippen molar-refractivity contribution in [3.05, 3.63) is 72.8 Å². The fraction of sp³-hybridized carbons (Fsp3) is 0. The summed E-state index contributed by atoms with van der Waals surface area (Å²) in [5.41, 5.74) is 5.11. The van der Waals surface area contributed by atoms with E-state index in [1.165, 1.54) is 22.3 Å². The summed E-state index contributed by atoms with van der Waals surface area (Å²) in [6.45, 7) is 0. The minimum absolute atomic E-state index is 1.26. The van der Waals surface area contributed by atoms with Gasteiger partial charge in [-0.1, -0.05) is 72.8 Å². The zero-order valence-corrected chi connectivity index (χ0v) is 8.93. The second-order valence-corrected chi connectivity index (χ2v) is 3.92. The lowest BCUT2D eigenvalue weighted by Gasteiger charge is -1.96. The number of hydrogen-bond acceptors (Lipinski definition) is 0. The van der Waals surface area contributed by atoms with Crippen LogP contribution < -0.4 is 0 Å². The molecule has 0 atom stereocenters. The molecule has 1 aromatic rings. The van der Waals surface area contributed by atoms with Crippen molar-refractivity contribution in [2.75, 3.05) is 0 Å². The van der Waals surface area contributed by atoms with Gasteiger partial charge >= 0.3 is 0 Å². The Morgan fingerprint density at radius 1 is 0.312 bits per heavy atom. The van der Waals surface area contributed by atoms with Gasteiger partial charge in [-0.15, -0.1) is 0 Å². The molecule has 16 heavy (non-hydrogen) atoms. The van der Waals surface area contributed by atoms with Crippen LogP contribution in [0.15, 0.2) is 72.8 Å². The van der Waals surface area contributed by atoms with Crippen LogP contribution in [0.25, 0.3) is 22.3 Å². The van der Waals surface area contributed by atoms with Gasteiger partial charge in [-0.25, -0.2) is 0 Å². The van der Waals surface area contributed by atoms with Gasteiger partial charge in [-0.3, -0.25) is 0 Å². The molecule has 0 amide bonds. The molecule has 0 heteroatoms. The van der Waals surface area contributed by atoms with E-state index in [2.05, 4.69) is 66.7 Å². The van der Waals surface area contributed by atoms with Gasteiger partial charge in [0.05, 0.1) is 0 Å². The number of hydrogen-bond donors (Lipinski definition) is 0. The van der Waals surface area contributed by atoms with Crippen molar-refractivity contribution in [2.45, 2.75) is 0 Å². The molecule has 0 bridgehead atoms. The Morgan fingerprint density at radius 2 is 0.688 bits per heavy atom. The molecular weight excluding hydrogens is 192 g/mol. The molecular formula is C16H12. The second-order valence-electron chi connectivity index (χ2n) is 3.92. The van der Waals surface area contributed by atoms with E-state index in [-0.39, 0.29) is 0 Å². The molecule has 1 aromatic carbocycles. The van der Waals surface area contributed by atoms with Crippen LogP contribution in [0.1, 0.15) is 0 Å². The zero-order chi connectivity index (χ0) is 10.8. The van der Waals surface area contributed by atoms with E-state index in [1.807, 2.05) is 6.07 Å². The van der Waals surface area contributed by atoms with Gasteiger partial charge in [-0.2, -0.15) is 0 Å². The minimum Gasteiger partial charge on any atom is -0.0622 e. The van der Waals surface area contributed by atoms with Crippen LogP contribution in [0.4, 0.5) is 0 Å². The summed E-state index contributed by atoms with van der Waals surface area (Å²) in [7, 11) is 0. The molecule has 0 saturated carbocycles. The third-order valence-corrected chi connectivity index (χ3v) is 2.88. The third kappa shape index (κ3) is 1.59. The topological polar surface area (TPSA) is 0 Å². The first-order valence-electron chi connectivity index (χ1n) is 5.48. The van der Waals surface area contributed by atoms with Crippen LogP contribution in [0.3, 0.4) is 0 Å². The van der Waals surface area contributed by atoms with Gasteiger partial charge in [0.1, 0.15) is 0 Å². The average molecular weight is 204 g/mol. The maximum Gasteiger partial charge on any atom is -0.0184 e. The van der Waals surface area contributed by atoms with Gasteiger partial charge in [0, 0.05) is 0 Å². The fourth-order valence-corrected chi connectivity index (χ4v) is 1.99. The van der Waals surface area contributed by atoms with Crippen molar-refractivity contribution < 1.29 is 0 Å². The van der Waals surface area contributed by atoms with Crippen LogP contribution in [0.5, 0.6) is 0 Å². The normalized spacial score (nSPS) is 10.5. The van der Waals surface area contributed by atoms with Crippen molar-refractivity contribution in [3.8, 4) is 22.3 Å². The van der Waals surface area contributed by atoms with Crippen molar-refractivity contribution >= 4 is 0 Å². The van der Waals surface area contributed by atoms with Gasteiger partial charge in [0.2, 0.25) is 0 Å². The van der Waals surface area contributed by atoms with E-state index >= 15 is 0 Å². The largest absolute Gasteiger partial charge is 0.0622 e. The molecule has 0 unspecified atom stereocenters. The van der Waals surface area contributed by atoms with Crippen LogP contribution in [-0.2, 0) is 0 Å². The molecule has 0 N–H and O–H groups in total. The Morgan fingerprint density at radius 3 is 1.25 bits per heavy atom. The Hall–Kier alpha value is -2.08. The highest BCUT2D eigenvalue weighted by atomic mass is 14.0. The summed E-state index contributed by atoms with van der Waals surface area (Å²) in [4.78, 5) is 0. The first-order valence-corrected chi connectivity index (χ1v) is 5.48. The maximum absolute atomic E-state index is 2.18. The van der Waals surface area contributed by atoms with Crippen LogP contribution in [0.2, 0.25) is 0 Å². The summed E-state index contributed by atoms with van der Waals surface area (Å²) in [6, 6.07) is 25.6. The summed E-state index contributed by atoms with van der Waals surface area (Å²) in [6.07, 6.45) is 0. The van der Waals surface area contributed by atoms with E-state index in [4.69, 9.17) is 0 Å². The molecule has 0 fully saturated rings. The number of rotatable bonds is 1. The Kier molecular flexibility index (Phi) is 2.19. The minimum atomic E-state index is 1.26. The summed E-state index contributed by atoms with van der Waals surface area (Å²) < 4.78 is 0. The van der Waals surface area contributed by atoms with Gasteiger partial charge in [-0.05, 0) is 22.3 Å². The van der Waals surface area contributed by atoms with E-state index in [1.54, 1.807) is 0 Å². The van der Waals surface area contributed by atoms with Crippen LogP contribution in [0, 0.1) is 0 Å². The smallest absolute Gasteiger partial charge is 0.0184 e. The molecule has 0 aromatic heterocycles. The lowest BCUT2D eigenvalue weighted by molar-refractivity contribution is 1.66. The number of fused-ring (bicyclic) bond motifs is 1. The number of benzene rings is 1. The second kappa shape index (κ2) is 3.82. The van der Waals surface area contributed by atoms with Gasteiger partial charge in [0.25, 0.3) is 0 Å². The van der Waals surface area contributed by atoms with Crippen LogP contribution >= 0.6 is 0 Å². The third-order valence-electron chi connectivity index (χ3n) is 2.88. The standard InChI is InChI=1S/C16H12/c1-2-5-13(6-3-1)16-11-9-14-7-4-8-15(14)10-12-16/h1-12H. The lowest BCUT2D eigenvalue weighted by Crippen LogP contribution is -1.71. The molecule has 76 valence electrons. The molecule has 0 heterocycles. The molecule has 0 saturated heterocycles. The molecule has 2 aliphatic rings. The molecule has 2 aliphatic carbocycles.